The van der Waals surface area contributed by atoms with E-state index in [2.05, 4.69) is 0 Å². The Morgan fingerprint density at radius 1 is 0.968 bits per heavy atom. The summed E-state index contributed by atoms with van der Waals surface area (Å²) < 4.78 is 0. The van der Waals surface area contributed by atoms with Crippen LogP contribution in [-0.4, -0.2) is 57.5 Å². The number of hydrogen-bond acceptors (Lipinski definition) is 6. The van der Waals surface area contributed by atoms with E-state index in [1.165, 1.54) is 9.96 Å². The summed E-state index contributed by atoms with van der Waals surface area (Å²) in [5.41, 5.74) is 0.935. The first kappa shape index (κ1) is 19.7. The Labute approximate surface area is 179 Å². The number of rotatable bonds is 5. The van der Waals surface area contributed by atoms with Gasteiger partial charge in [-0.3, -0.25) is 14.4 Å². The second-order valence-electron chi connectivity index (χ2n) is 8.30. The molecule has 4 atom stereocenters. The molecule has 9 heteroatoms. The number of nitrogens with zero attached hydrogens (tertiary/aromatic N) is 3. The molecule has 3 unspecified atom stereocenters. The summed E-state index contributed by atoms with van der Waals surface area (Å²) in [6, 6.07) is 8.10. The lowest BCUT2D eigenvalue weighted by atomic mass is 9.85. The number of carbonyl (C=O) groups is 4. The minimum absolute atomic E-state index is 0.149. The van der Waals surface area contributed by atoms with E-state index in [0.29, 0.717) is 37.3 Å². The number of piperidine rings is 1. The fourth-order valence-corrected chi connectivity index (χ4v) is 4.77. The van der Waals surface area contributed by atoms with E-state index in [1.54, 1.807) is 0 Å². The topological polar surface area (TPSA) is 96.5 Å². The van der Waals surface area contributed by atoms with Gasteiger partial charge in [0.05, 0.1) is 17.9 Å². The highest BCUT2D eigenvalue weighted by Gasteiger charge is 2.52. The number of hydrogen-bond donors (Lipinski definition) is 0. The van der Waals surface area contributed by atoms with Gasteiger partial charge in [-0.25, -0.2) is 9.59 Å². The Morgan fingerprint density at radius 3 is 2.32 bits per heavy atom. The van der Waals surface area contributed by atoms with Crippen molar-refractivity contribution >= 4 is 23.8 Å². The number of fused-ring (bicyclic) bond motifs is 3. The summed E-state index contributed by atoms with van der Waals surface area (Å²) in [6.07, 6.45) is 5.61. The molecule has 3 heterocycles. The predicted molar refractivity (Wildman–Crippen MR) is 105 cm³/mol. The van der Waals surface area contributed by atoms with E-state index in [-0.39, 0.29) is 12.6 Å². The number of urea groups is 1. The van der Waals surface area contributed by atoms with Crippen LogP contribution in [0.4, 0.5) is 4.79 Å². The summed E-state index contributed by atoms with van der Waals surface area (Å²) in [7, 11) is 0. The standard InChI is InChI=1S/C22H23N3O6/c26-19-16-8-4-5-9-17(16)20(27)25(19)31-21(28)18-11-10-15-12-23(18)22(29)24(15)30-13-14-6-2-1-3-7-14/h1-7,15-18H,8-13H2/t15?,16?,17?,18-/m0/s1. The molecule has 3 saturated heterocycles. The van der Waals surface area contributed by atoms with E-state index in [0.717, 1.165) is 5.56 Å². The van der Waals surface area contributed by atoms with Crippen molar-refractivity contribution in [2.24, 2.45) is 11.8 Å². The molecule has 0 aromatic heterocycles. The zero-order valence-electron chi connectivity index (χ0n) is 16.9. The van der Waals surface area contributed by atoms with E-state index < -0.39 is 41.7 Å². The monoisotopic (exact) mass is 425 g/mol. The van der Waals surface area contributed by atoms with Crippen LogP contribution >= 0.6 is 0 Å². The molecule has 162 valence electrons. The van der Waals surface area contributed by atoms with Crippen molar-refractivity contribution < 1.29 is 28.9 Å². The van der Waals surface area contributed by atoms with Gasteiger partial charge in [-0.05, 0) is 31.2 Å². The Hall–Kier alpha value is -3.20. The fraction of sp³-hybridized carbons (Fsp3) is 0.455. The van der Waals surface area contributed by atoms with Crippen molar-refractivity contribution in [3.05, 3.63) is 48.0 Å². The van der Waals surface area contributed by atoms with Gasteiger partial charge >= 0.3 is 12.0 Å². The highest BCUT2D eigenvalue weighted by atomic mass is 16.7. The van der Waals surface area contributed by atoms with Crippen molar-refractivity contribution in [1.82, 2.24) is 15.0 Å². The van der Waals surface area contributed by atoms with Crippen molar-refractivity contribution in [3.63, 3.8) is 0 Å². The third-order valence-electron chi connectivity index (χ3n) is 6.46. The van der Waals surface area contributed by atoms with Crippen LogP contribution in [0.3, 0.4) is 0 Å². The van der Waals surface area contributed by atoms with Crippen molar-refractivity contribution in [2.75, 3.05) is 6.54 Å². The van der Waals surface area contributed by atoms with Gasteiger partial charge in [0, 0.05) is 6.54 Å². The maximum absolute atomic E-state index is 12.9. The molecule has 3 fully saturated rings. The van der Waals surface area contributed by atoms with E-state index in [1.807, 2.05) is 42.5 Å². The Balaban J connectivity index is 1.23. The first-order valence-corrected chi connectivity index (χ1v) is 10.6. The lowest BCUT2D eigenvalue weighted by Gasteiger charge is -2.29. The Kier molecular flexibility index (Phi) is 4.97. The first-order chi connectivity index (χ1) is 15.0. The van der Waals surface area contributed by atoms with E-state index >= 15 is 0 Å². The fourth-order valence-electron chi connectivity index (χ4n) is 4.77. The molecule has 31 heavy (non-hydrogen) atoms. The third kappa shape index (κ3) is 3.38. The van der Waals surface area contributed by atoms with Crippen LogP contribution in [0.2, 0.25) is 0 Å². The maximum Gasteiger partial charge on any atom is 0.355 e. The average Bonchev–Trinajstić information content (AvgIpc) is 3.18. The molecule has 1 aromatic carbocycles. The van der Waals surface area contributed by atoms with Gasteiger partial charge < -0.3 is 9.74 Å². The molecule has 1 aromatic rings. The van der Waals surface area contributed by atoms with Crippen LogP contribution in [0.5, 0.6) is 0 Å². The molecular formula is C22H23N3O6. The Bertz CT molecular complexity index is 922. The highest BCUT2D eigenvalue weighted by Crippen LogP contribution is 2.36. The normalized spacial score (nSPS) is 29.5. The van der Waals surface area contributed by atoms with Gasteiger partial charge in [0.15, 0.2) is 0 Å². The van der Waals surface area contributed by atoms with Crippen molar-refractivity contribution in [2.45, 2.75) is 44.4 Å². The zero-order valence-corrected chi connectivity index (χ0v) is 16.9. The molecule has 3 aliphatic heterocycles. The minimum Gasteiger partial charge on any atom is -0.328 e. The van der Waals surface area contributed by atoms with Gasteiger partial charge in [-0.15, -0.1) is 5.06 Å². The lowest BCUT2D eigenvalue weighted by molar-refractivity contribution is -0.202. The van der Waals surface area contributed by atoms with Gasteiger partial charge in [0.25, 0.3) is 11.8 Å². The zero-order chi connectivity index (χ0) is 21.5. The number of hydroxylamine groups is 4. The predicted octanol–water partition coefficient (Wildman–Crippen LogP) is 1.80. The molecule has 0 saturated carbocycles. The summed E-state index contributed by atoms with van der Waals surface area (Å²) in [6.45, 7) is 0.587. The average molecular weight is 425 g/mol. The van der Waals surface area contributed by atoms with Crippen LogP contribution in [-0.2, 0) is 30.7 Å². The highest BCUT2D eigenvalue weighted by molar-refractivity contribution is 6.05. The van der Waals surface area contributed by atoms with Gasteiger partial charge in [0.1, 0.15) is 12.6 Å². The summed E-state index contributed by atoms with van der Waals surface area (Å²) in [5.74, 6) is -2.68. The quantitative estimate of drug-likeness (QED) is 0.527. The van der Waals surface area contributed by atoms with Crippen molar-refractivity contribution in [1.29, 1.82) is 0 Å². The number of imide groups is 1. The summed E-state index contributed by atoms with van der Waals surface area (Å²) in [5, 5.41) is 1.94. The Morgan fingerprint density at radius 2 is 1.65 bits per heavy atom. The second kappa shape index (κ2) is 7.81. The molecule has 9 nitrogen and oxygen atoms in total. The second-order valence-corrected chi connectivity index (χ2v) is 8.30. The number of allylic oxidation sites excluding steroid dienone is 2. The summed E-state index contributed by atoms with van der Waals surface area (Å²) >= 11 is 0. The molecular weight excluding hydrogens is 402 g/mol. The largest absolute Gasteiger partial charge is 0.355 e. The molecule has 0 radical (unpaired) electrons. The van der Waals surface area contributed by atoms with E-state index in [4.69, 9.17) is 9.68 Å². The maximum atomic E-state index is 12.9. The van der Waals surface area contributed by atoms with Crippen LogP contribution in [0.15, 0.2) is 42.5 Å². The summed E-state index contributed by atoms with van der Waals surface area (Å²) in [4.78, 5) is 63.2. The van der Waals surface area contributed by atoms with Crippen LogP contribution in [0.1, 0.15) is 31.2 Å². The van der Waals surface area contributed by atoms with Crippen molar-refractivity contribution in [3.8, 4) is 0 Å². The lowest BCUT2D eigenvalue weighted by Crippen LogP contribution is -2.48. The van der Waals surface area contributed by atoms with Gasteiger partial charge in [0.2, 0.25) is 0 Å². The molecule has 1 aliphatic carbocycles. The van der Waals surface area contributed by atoms with Crippen LogP contribution < -0.4 is 0 Å². The molecule has 4 amide bonds. The number of carbonyl (C=O) groups excluding carboxylic acids is 4. The van der Waals surface area contributed by atoms with Crippen LogP contribution in [0, 0.1) is 11.8 Å². The first-order valence-electron chi connectivity index (χ1n) is 10.6. The van der Waals surface area contributed by atoms with Crippen LogP contribution in [0.25, 0.3) is 0 Å². The van der Waals surface area contributed by atoms with Gasteiger partial charge in [-0.2, -0.15) is 5.06 Å². The van der Waals surface area contributed by atoms with Gasteiger partial charge in [-0.1, -0.05) is 42.5 Å². The SMILES string of the molecule is O=C(ON1C(=O)C2CC=CCC2C1=O)[C@@H]1CCC2CN1C(=O)N2OCc1ccccc1. The van der Waals surface area contributed by atoms with E-state index in [9.17, 15) is 19.2 Å². The molecule has 0 spiro atoms. The smallest absolute Gasteiger partial charge is 0.328 e. The number of amides is 4. The molecule has 4 aliphatic rings. The third-order valence-corrected chi connectivity index (χ3v) is 6.46. The number of benzene rings is 1. The molecule has 2 bridgehead atoms. The minimum atomic E-state index is -0.851. The molecule has 5 rings (SSSR count). The molecule has 0 N–H and O–H groups in total.